The lowest BCUT2D eigenvalue weighted by Gasteiger charge is -2.24. The van der Waals surface area contributed by atoms with Gasteiger partial charge in [0.15, 0.2) is 0 Å². The van der Waals surface area contributed by atoms with Gasteiger partial charge in [0.2, 0.25) is 6.10 Å². The Hall–Kier alpha value is -3.62. The molecule has 32 heavy (non-hydrogen) atoms. The predicted octanol–water partition coefficient (Wildman–Crippen LogP) is 2.60. The van der Waals surface area contributed by atoms with Crippen molar-refractivity contribution in [3.05, 3.63) is 53.9 Å². The molecule has 2 aromatic rings. The molecule has 9 nitrogen and oxygen atoms in total. The molecule has 170 valence electrons. The number of aromatic nitrogens is 1. The number of ether oxygens (including phenoxy) is 2. The van der Waals surface area contributed by atoms with E-state index in [0.717, 1.165) is 5.56 Å². The first-order valence-electron chi connectivity index (χ1n) is 10.2. The van der Waals surface area contributed by atoms with Gasteiger partial charge in [0, 0.05) is 44.1 Å². The van der Waals surface area contributed by atoms with E-state index < -0.39 is 23.6 Å². The third-order valence-corrected chi connectivity index (χ3v) is 4.81. The molecule has 0 bridgehead atoms. The second-order valence-corrected chi connectivity index (χ2v) is 8.68. The van der Waals surface area contributed by atoms with Crippen molar-refractivity contribution in [1.29, 1.82) is 0 Å². The molecular weight excluding hydrogens is 412 g/mol. The Bertz CT molecular complexity index is 1000. The van der Waals surface area contributed by atoms with Gasteiger partial charge in [-0.25, -0.2) is 4.79 Å². The van der Waals surface area contributed by atoms with Gasteiger partial charge in [0.1, 0.15) is 12.4 Å². The molecule has 0 aliphatic carbocycles. The van der Waals surface area contributed by atoms with Crippen LogP contribution in [0.2, 0.25) is 0 Å². The van der Waals surface area contributed by atoms with E-state index in [1.165, 1.54) is 4.90 Å². The van der Waals surface area contributed by atoms with Gasteiger partial charge in [0.05, 0.1) is 5.69 Å². The minimum atomic E-state index is -1.11. The van der Waals surface area contributed by atoms with Gasteiger partial charge >= 0.3 is 6.09 Å². The zero-order chi connectivity index (χ0) is 23.5. The Morgan fingerprint density at radius 1 is 1.25 bits per heavy atom. The van der Waals surface area contributed by atoms with Crippen LogP contribution in [-0.4, -0.2) is 60.1 Å². The largest absolute Gasteiger partial charge is 0.487 e. The van der Waals surface area contributed by atoms with Crippen LogP contribution in [0.15, 0.2) is 42.7 Å². The van der Waals surface area contributed by atoms with Crippen LogP contribution in [0, 0.1) is 0 Å². The van der Waals surface area contributed by atoms with Crippen LogP contribution < -0.4 is 15.0 Å². The summed E-state index contributed by atoms with van der Waals surface area (Å²) in [4.78, 5) is 44.9. The predicted molar refractivity (Wildman–Crippen MR) is 119 cm³/mol. The second-order valence-electron chi connectivity index (χ2n) is 8.68. The van der Waals surface area contributed by atoms with Crippen molar-refractivity contribution in [2.24, 2.45) is 0 Å². The smallest absolute Gasteiger partial charge is 0.408 e. The summed E-state index contributed by atoms with van der Waals surface area (Å²) >= 11 is 0. The van der Waals surface area contributed by atoms with Gasteiger partial charge in [0.25, 0.3) is 11.8 Å². The Kier molecular flexibility index (Phi) is 6.67. The fourth-order valence-corrected chi connectivity index (χ4v) is 3.21. The highest BCUT2D eigenvalue weighted by Gasteiger charge is 2.33. The number of nitrogens with one attached hydrogen (secondary N) is 1. The normalized spacial score (nSPS) is 15.8. The number of pyridine rings is 1. The highest BCUT2D eigenvalue weighted by molar-refractivity contribution is 6.01. The summed E-state index contributed by atoms with van der Waals surface area (Å²) in [6.07, 6.45) is 1.54. The summed E-state index contributed by atoms with van der Waals surface area (Å²) in [5.74, 6) is -0.217. The number of hydrogen-bond acceptors (Lipinski definition) is 6. The van der Waals surface area contributed by atoms with E-state index in [1.54, 1.807) is 49.6 Å². The number of nitrogens with zero attached hydrogens (tertiary/aromatic N) is 3. The molecule has 3 amide bonds. The lowest BCUT2D eigenvalue weighted by molar-refractivity contribution is -0.127. The molecule has 0 unspecified atom stereocenters. The summed E-state index contributed by atoms with van der Waals surface area (Å²) in [6.45, 7) is 5.73. The van der Waals surface area contributed by atoms with Gasteiger partial charge in [-0.15, -0.1) is 0 Å². The Morgan fingerprint density at radius 2 is 1.94 bits per heavy atom. The minimum Gasteiger partial charge on any atom is -0.487 e. The van der Waals surface area contributed by atoms with Crippen LogP contribution >= 0.6 is 0 Å². The third-order valence-electron chi connectivity index (χ3n) is 4.81. The molecule has 1 aliphatic rings. The maximum absolute atomic E-state index is 12.9. The maximum Gasteiger partial charge on any atom is 0.408 e. The van der Waals surface area contributed by atoms with Crippen LogP contribution in [0.1, 0.15) is 36.7 Å². The number of likely N-dealkylation sites (N-methyl/N-ethyl adjacent to an activating group) is 1. The highest BCUT2D eigenvalue weighted by Crippen LogP contribution is 2.32. The SMILES string of the molecule is CN(Cc1ccncc1)C(=O)c1ccc2c(c1)N(C)C(=O)[C@@H](OC(=O)NC(C)(C)C)CO2. The van der Waals surface area contributed by atoms with Gasteiger partial charge in [-0.3, -0.25) is 14.6 Å². The summed E-state index contributed by atoms with van der Waals surface area (Å²) in [7, 11) is 3.26. The molecule has 1 N–H and O–H groups in total. The molecule has 1 atom stereocenters. The number of benzene rings is 1. The van der Waals surface area contributed by atoms with Crippen LogP contribution in [0.25, 0.3) is 0 Å². The van der Waals surface area contributed by atoms with Crippen molar-refractivity contribution >= 4 is 23.6 Å². The van der Waals surface area contributed by atoms with Gasteiger partial charge in [-0.2, -0.15) is 0 Å². The Labute approximate surface area is 187 Å². The topological polar surface area (TPSA) is 101 Å². The average Bonchev–Trinajstić information content (AvgIpc) is 2.84. The highest BCUT2D eigenvalue weighted by atomic mass is 16.6. The number of carbonyl (C=O) groups is 3. The summed E-state index contributed by atoms with van der Waals surface area (Å²) in [6, 6.07) is 8.59. The number of rotatable bonds is 4. The van der Waals surface area contributed by atoms with Crippen LogP contribution in [0.5, 0.6) is 5.75 Å². The first kappa shape index (κ1) is 23.1. The number of anilines is 1. The number of carbonyl (C=O) groups excluding carboxylic acids is 3. The van der Waals surface area contributed by atoms with Gasteiger partial charge in [-0.05, 0) is 56.7 Å². The molecule has 1 aromatic carbocycles. The van der Waals surface area contributed by atoms with E-state index in [2.05, 4.69) is 10.3 Å². The molecule has 1 aliphatic heterocycles. The average molecular weight is 441 g/mol. The minimum absolute atomic E-state index is 0.122. The maximum atomic E-state index is 12.9. The molecule has 0 radical (unpaired) electrons. The molecule has 0 fully saturated rings. The zero-order valence-corrected chi connectivity index (χ0v) is 18.9. The van der Waals surface area contributed by atoms with Crippen LogP contribution in [0.3, 0.4) is 0 Å². The van der Waals surface area contributed by atoms with E-state index in [4.69, 9.17) is 9.47 Å². The Balaban J connectivity index is 1.75. The summed E-state index contributed by atoms with van der Waals surface area (Å²) in [5, 5.41) is 2.66. The molecule has 2 heterocycles. The third kappa shape index (κ3) is 5.54. The van der Waals surface area contributed by atoms with E-state index in [-0.39, 0.29) is 12.5 Å². The van der Waals surface area contributed by atoms with E-state index in [9.17, 15) is 14.4 Å². The molecule has 3 rings (SSSR count). The van der Waals surface area contributed by atoms with Crippen LogP contribution in [0.4, 0.5) is 10.5 Å². The summed E-state index contributed by atoms with van der Waals surface area (Å²) in [5.41, 5.74) is 1.29. The van der Waals surface area contributed by atoms with Gasteiger partial charge in [-0.1, -0.05) is 0 Å². The zero-order valence-electron chi connectivity index (χ0n) is 18.9. The molecule has 0 spiro atoms. The number of alkyl carbamates (subject to hydrolysis) is 1. The van der Waals surface area contributed by atoms with Gasteiger partial charge < -0.3 is 24.6 Å². The monoisotopic (exact) mass is 440 g/mol. The second kappa shape index (κ2) is 9.25. The molecule has 0 saturated heterocycles. The van der Waals surface area contributed by atoms with Crippen molar-refractivity contribution in [2.45, 2.75) is 39.0 Å². The van der Waals surface area contributed by atoms with Crippen molar-refractivity contribution < 1.29 is 23.9 Å². The van der Waals surface area contributed by atoms with Crippen molar-refractivity contribution in [3.8, 4) is 5.75 Å². The fraction of sp³-hybridized carbons (Fsp3) is 0.391. The molecule has 0 saturated carbocycles. The van der Waals surface area contributed by atoms with E-state index >= 15 is 0 Å². The van der Waals surface area contributed by atoms with Crippen molar-refractivity contribution in [1.82, 2.24) is 15.2 Å². The standard InChI is InChI=1S/C23H28N4O5/c1-23(2,3)25-22(30)32-19-14-31-18-7-6-16(12-17(18)27(5)21(19)29)20(28)26(4)13-15-8-10-24-11-9-15/h6-12,19H,13-14H2,1-5H3,(H,25,30)/t19-/m0/s1. The number of amides is 3. The number of fused-ring (bicyclic) bond motifs is 1. The molecule has 1 aromatic heterocycles. The Morgan fingerprint density at radius 3 is 2.59 bits per heavy atom. The summed E-state index contributed by atoms with van der Waals surface area (Å²) < 4.78 is 11.0. The quantitative estimate of drug-likeness (QED) is 0.784. The number of hydrogen-bond donors (Lipinski definition) is 1. The molecular formula is C23H28N4O5. The fourth-order valence-electron chi connectivity index (χ4n) is 3.21. The first-order chi connectivity index (χ1) is 15.0. The molecule has 9 heteroatoms. The van der Waals surface area contributed by atoms with E-state index in [1.807, 2.05) is 32.9 Å². The lowest BCUT2D eigenvalue weighted by atomic mass is 10.1. The lowest BCUT2D eigenvalue weighted by Crippen LogP contribution is -2.46. The van der Waals surface area contributed by atoms with E-state index in [0.29, 0.717) is 23.5 Å². The van der Waals surface area contributed by atoms with Crippen LogP contribution in [-0.2, 0) is 16.1 Å². The first-order valence-corrected chi connectivity index (χ1v) is 10.2. The van der Waals surface area contributed by atoms with Crippen molar-refractivity contribution in [2.75, 3.05) is 25.6 Å². The van der Waals surface area contributed by atoms with Crippen molar-refractivity contribution in [3.63, 3.8) is 0 Å².